The molecule has 1 heterocycles. The second-order valence-corrected chi connectivity index (χ2v) is 6.87. The molecule has 1 N–H and O–H groups in total. The summed E-state index contributed by atoms with van der Waals surface area (Å²) in [5, 5.41) is 9.88. The Morgan fingerprint density at radius 2 is 1.95 bits per heavy atom. The lowest BCUT2D eigenvalue weighted by Gasteiger charge is -2.29. The van der Waals surface area contributed by atoms with E-state index in [-0.39, 0.29) is 17.4 Å². The van der Waals surface area contributed by atoms with Gasteiger partial charge in [0.25, 0.3) is 0 Å². The van der Waals surface area contributed by atoms with Crippen molar-refractivity contribution in [3.8, 4) is 0 Å². The van der Waals surface area contributed by atoms with Gasteiger partial charge in [0, 0.05) is 5.69 Å². The third-order valence-electron chi connectivity index (χ3n) is 3.04. The number of para-hydroxylation sites is 1. The molecule has 1 fully saturated rings. The van der Waals surface area contributed by atoms with Gasteiger partial charge in [-0.2, -0.15) is 0 Å². The van der Waals surface area contributed by atoms with Crippen molar-refractivity contribution in [1.29, 1.82) is 0 Å². The van der Waals surface area contributed by atoms with Crippen molar-refractivity contribution in [3.63, 3.8) is 0 Å². The Balaban J connectivity index is 2.37. The number of hydrogen-bond acceptors (Lipinski definition) is 4. The van der Waals surface area contributed by atoms with E-state index < -0.39 is 27.9 Å². The largest absolute Gasteiger partial charge is 0.390 e. The van der Waals surface area contributed by atoms with E-state index in [1.165, 1.54) is 4.90 Å². The summed E-state index contributed by atoms with van der Waals surface area (Å²) in [6.45, 7) is 0. The van der Waals surface area contributed by atoms with Crippen LogP contribution in [0.5, 0.6) is 0 Å². The molecule has 0 aromatic heterocycles. The number of aliphatic hydroxyl groups excluding tert-OH is 1. The second-order valence-electron chi connectivity index (χ2n) is 4.44. The van der Waals surface area contributed by atoms with Gasteiger partial charge in [-0.15, -0.1) is 11.6 Å². The molecule has 0 bridgehead atoms. The maximum Gasteiger partial charge on any atom is 0.242 e. The van der Waals surface area contributed by atoms with Crippen LogP contribution in [0.15, 0.2) is 30.3 Å². The van der Waals surface area contributed by atoms with Gasteiger partial charge >= 0.3 is 0 Å². The van der Waals surface area contributed by atoms with Crippen molar-refractivity contribution >= 4 is 33.0 Å². The number of alkyl halides is 1. The molecule has 1 aliphatic heterocycles. The maximum absolute atomic E-state index is 11.9. The molecule has 1 aliphatic rings. The summed E-state index contributed by atoms with van der Waals surface area (Å²) < 4.78 is 23.1. The number of hydrogen-bond donors (Lipinski definition) is 1. The van der Waals surface area contributed by atoms with Crippen molar-refractivity contribution in [2.75, 3.05) is 22.3 Å². The van der Waals surface area contributed by atoms with Crippen molar-refractivity contribution < 1.29 is 18.3 Å². The van der Waals surface area contributed by atoms with Gasteiger partial charge in [0.2, 0.25) is 5.91 Å². The van der Waals surface area contributed by atoms with Crippen LogP contribution in [0, 0.1) is 0 Å². The number of rotatable bonds is 3. The van der Waals surface area contributed by atoms with Gasteiger partial charge in [-0.3, -0.25) is 4.79 Å². The van der Waals surface area contributed by atoms with Gasteiger partial charge < -0.3 is 10.0 Å². The SMILES string of the molecule is O=C(CCl)N(c1ccccc1)[C@H]1CS(=O)(=O)C[C@H]1O. The minimum atomic E-state index is -3.33. The highest BCUT2D eigenvalue weighted by Gasteiger charge is 2.42. The standard InChI is InChI=1S/C12H14ClNO4S/c13-6-12(16)14(9-4-2-1-3-5-9)10-7-19(17,18)8-11(10)15/h1-5,10-11,15H,6-8H2/t10-,11+/m0/s1. The molecular formula is C12H14ClNO4S. The smallest absolute Gasteiger partial charge is 0.242 e. The average molecular weight is 304 g/mol. The fourth-order valence-corrected chi connectivity index (χ4v) is 4.13. The van der Waals surface area contributed by atoms with Crippen LogP contribution in [-0.2, 0) is 14.6 Å². The van der Waals surface area contributed by atoms with E-state index in [1.54, 1.807) is 30.3 Å². The molecule has 2 rings (SSSR count). The highest BCUT2D eigenvalue weighted by Crippen LogP contribution is 2.25. The summed E-state index contributed by atoms with van der Waals surface area (Å²) in [7, 11) is -3.33. The van der Waals surface area contributed by atoms with Crippen LogP contribution in [0.1, 0.15) is 0 Å². The molecule has 7 heteroatoms. The predicted octanol–water partition coefficient (Wildman–Crippen LogP) is 0.416. The number of benzene rings is 1. The Morgan fingerprint density at radius 1 is 1.32 bits per heavy atom. The maximum atomic E-state index is 11.9. The lowest BCUT2D eigenvalue weighted by molar-refractivity contribution is -0.117. The lowest BCUT2D eigenvalue weighted by atomic mass is 10.1. The van der Waals surface area contributed by atoms with Gasteiger partial charge in [0.05, 0.1) is 23.7 Å². The van der Waals surface area contributed by atoms with Crippen molar-refractivity contribution in [3.05, 3.63) is 30.3 Å². The molecule has 0 spiro atoms. The first-order valence-corrected chi connectivity index (χ1v) is 8.12. The van der Waals surface area contributed by atoms with E-state index in [2.05, 4.69) is 0 Å². The van der Waals surface area contributed by atoms with Crippen LogP contribution in [-0.4, -0.2) is 49.0 Å². The number of nitrogens with zero attached hydrogens (tertiary/aromatic N) is 1. The van der Waals surface area contributed by atoms with Crippen LogP contribution in [0.2, 0.25) is 0 Å². The quantitative estimate of drug-likeness (QED) is 0.821. The summed E-state index contributed by atoms with van der Waals surface area (Å²) >= 11 is 5.57. The Hall–Kier alpha value is -1.11. The topological polar surface area (TPSA) is 74.7 Å². The minimum Gasteiger partial charge on any atom is -0.390 e. The third kappa shape index (κ3) is 3.08. The number of sulfone groups is 1. The molecule has 1 saturated heterocycles. The van der Waals surface area contributed by atoms with Gasteiger partial charge in [0.1, 0.15) is 5.88 Å². The normalized spacial score (nSPS) is 25.2. The highest BCUT2D eigenvalue weighted by molar-refractivity contribution is 7.91. The van der Waals surface area contributed by atoms with E-state index in [4.69, 9.17) is 11.6 Å². The first-order valence-electron chi connectivity index (χ1n) is 5.76. The molecule has 0 saturated carbocycles. The van der Waals surface area contributed by atoms with Crippen LogP contribution in [0.25, 0.3) is 0 Å². The number of carbonyl (C=O) groups excluding carboxylic acids is 1. The molecule has 2 atom stereocenters. The Morgan fingerprint density at radius 3 is 2.42 bits per heavy atom. The van der Waals surface area contributed by atoms with Crippen molar-refractivity contribution in [1.82, 2.24) is 0 Å². The fraction of sp³-hybridized carbons (Fsp3) is 0.417. The van der Waals surface area contributed by atoms with Crippen LogP contribution in [0.3, 0.4) is 0 Å². The first kappa shape index (κ1) is 14.3. The summed E-state index contributed by atoms with van der Waals surface area (Å²) in [5.74, 6) is -1.26. The van der Waals surface area contributed by atoms with Crippen LogP contribution in [0.4, 0.5) is 5.69 Å². The summed E-state index contributed by atoms with van der Waals surface area (Å²) in [6, 6.07) is 7.84. The Labute approximate surface area is 116 Å². The molecule has 1 amide bonds. The van der Waals surface area contributed by atoms with E-state index in [9.17, 15) is 18.3 Å². The second kappa shape index (κ2) is 5.48. The third-order valence-corrected chi connectivity index (χ3v) is 4.97. The van der Waals surface area contributed by atoms with Crippen molar-refractivity contribution in [2.45, 2.75) is 12.1 Å². The van der Waals surface area contributed by atoms with E-state index in [0.717, 1.165) is 0 Å². The summed E-state index contributed by atoms with van der Waals surface area (Å²) in [4.78, 5) is 13.2. The van der Waals surface area contributed by atoms with Crippen molar-refractivity contribution in [2.24, 2.45) is 0 Å². The number of aliphatic hydroxyl groups is 1. The number of anilines is 1. The molecule has 0 unspecified atom stereocenters. The van der Waals surface area contributed by atoms with Gasteiger partial charge in [-0.25, -0.2) is 8.42 Å². The molecule has 1 aromatic rings. The summed E-state index contributed by atoms with van der Waals surface area (Å²) in [5.41, 5.74) is 0.536. The number of amides is 1. The zero-order chi connectivity index (χ0) is 14.0. The van der Waals surface area contributed by atoms with Crippen LogP contribution >= 0.6 is 11.6 Å². The zero-order valence-corrected chi connectivity index (χ0v) is 11.6. The zero-order valence-electron chi connectivity index (χ0n) is 10.1. The van der Waals surface area contributed by atoms with Gasteiger partial charge in [0.15, 0.2) is 9.84 Å². The Kier molecular flexibility index (Phi) is 4.13. The molecule has 0 aliphatic carbocycles. The fourth-order valence-electron chi connectivity index (χ4n) is 2.23. The molecular weight excluding hydrogens is 290 g/mol. The molecule has 5 nitrogen and oxygen atoms in total. The molecule has 1 aromatic carbocycles. The highest BCUT2D eigenvalue weighted by atomic mass is 35.5. The van der Waals surface area contributed by atoms with Crippen LogP contribution < -0.4 is 4.90 Å². The Bertz CT molecular complexity index is 560. The molecule has 0 radical (unpaired) electrons. The van der Waals surface area contributed by atoms with Gasteiger partial charge in [-0.1, -0.05) is 18.2 Å². The van der Waals surface area contributed by atoms with E-state index >= 15 is 0 Å². The summed E-state index contributed by atoms with van der Waals surface area (Å²) in [6.07, 6.45) is -1.09. The number of carbonyl (C=O) groups is 1. The first-order chi connectivity index (χ1) is 8.94. The minimum absolute atomic E-state index is 0.244. The van der Waals surface area contributed by atoms with E-state index in [0.29, 0.717) is 5.69 Å². The van der Waals surface area contributed by atoms with Gasteiger partial charge in [-0.05, 0) is 12.1 Å². The predicted molar refractivity (Wildman–Crippen MR) is 73.1 cm³/mol. The lowest BCUT2D eigenvalue weighted by Crippen LogP contribution is -2.47. The average Bonchev–Trinajstić information content (AvgIpc) is 2.64. The number of halogens is 1. The monoisotopic (exact) mass is 303 g/mol. The molecule has 104 valence electrons. The molecule has 19 heavy (non-hydrogen) atoms. The van der Waals surface area contributed by atoms with E-state index in [1.807, 2.05) is 0 Å².